The van der Waals surface area contributed by atoms with E-state index < -0.39 is 17.5 Å². The standard InChI is InChI=1S/C10H11F2NO2S/c11-7-1-2-8(12)9(5-7)13-10(15)6-16-4-3-14/h1-2,5,14H,3-4,6H2,(H,13,15). The lowest BCUT2D eigenvalue weighted by molar-refractivity contribution is -0.113. The first kappa shape index (κ1) is 12.9. The number of thioether (sulfide) groups is 1. The minimum Gasteiger partial charge on any atom is -0.396 e. The fourth-order valence-electron chi connectivity index (χ4n) is 1.01. The van der Waals surface area contributed by atoms with Crippen molar-refractivity contribution < 1.29 is 18.7 Å². The molecule has 2 N–H and O–H groups in total. The van der Waals surface area contributed by atoms with E-state index in [9.17, 15) is 13.6 Å². The summed E-state index contributed by atoms with van der Waals surface area (Å²) >= 11 is 1.21. The molecule has 0 aliphatic rings. The van der Waals surface area contributed by atoms with Gasteiger partial charge in [0.1, 0.15) is 11.6 Å². The summed E-state index contributed by atoms with van der Waals surface area (Å²) < 4.78 is 25.8. The van der Waals surface area contributed by atoms with Crippen molar-refractivity contribution in [3.63, 3.8) is 0 Å². The predicted molar refractivity (Wildman–Crippen MR) is 59.4 cm³/mol. The van der Waals surface area contributed by atoms with Crippen LogP contribution in [0.3, 0.4) is 0 Å². The molecule has 1 aromatic carbocycles. The van der Waals surface area contributed by atoms with Gasteiger partial charge in [-0.1, -0.05) is 0 Å². The topological polar surface area (TPSA) is 49.3 Å². The lowest BCUT2D eigenvalue weighted by atomic mass is 10.3. The van der Waals surface area contributed by atoms with Gasteiger partial charge in [0.15, 0.2) is 0 Å². The highest BCUT2D eigenvalue weighted by Gasteiger charge is 2.07. The van der Waals surface area contributed by atoms with Gasteiger partial charge in [-0.3, -0.25) is 4.79 Å². The predicted octanol–water partition coefficient (Wildman–Crippen LogP) is 1.63. The molecule has 0 heterocycles. The third kappa shape index (κ3) is 4.16. The maximum Gasteiger partial charge on any atom is 0.234 e. The quantitative estimate of drug-likeness (QED) is 0.777. The van der Waals surface area contributed by atoms with Gasteiger partial charge in [0.05, 0.1) is 18.0 Å². The Morgan fingerprint density at radius 1 is 1.44 bits per heavy atom. The molecule has 0 saturated heterocycles. The molecule has 0 saturated carbocycles. The maximum atomic E-state index is 13.1. The number of aliphatic hydroxyl groups is 1. The summed E-state index contributed by atoms with van der Waals surface area (Å²) in [7, 11) is 0. The Kier molecular flexibility index (Phi) is 5.21. The van der Waals surface area contributed by atoms with Crippen molar-refractivity contribution in [2.24, 2.45) is 0 Å². The van der Waals surface area contributed by atoms with E-state index in [0.717, 1.165) is 18.2 Å². The van der Waals surface area contributed by atoms with Crippen LogP contribution in [0.1, 0.15) is 0 Å². The van der Waals surface area contributed by atoms with Crippen molar-refractivity contribution in [2.45, 2.75) is 0 Å². The number of aliphatic hydroxyl groups excluding tert-OH is 1. The van der Waals surface area contributed by atoms with Crippen LogP contribution in [0, 0.1) is 11.6 Å². The number of benzene rings is 1. The monoisotopic (exact) mass is 247 g/mol. The zero-order chi connectivity index (χ0) is 12.0. The fourth-order valence-corrected chi connectivity index (χ4v) is 1.54. The van der Waals surface area contributed by atoms with Crippen molar-refractivity contribution in [3.05, 3.63) is 29.8 Å². The van der Waals surface area contributed by atoms with Crippen LogP contribution in [0.15, 0.2) is 18.2 Å². The minimum atomic E-state index is -0.679. The molecule has 0 unspecified atom stereocenters. The normalized spacial score (nSPS) is 10.2. The molecule has 88 valence electrons. The van der Waals surface area contributed by atoms with Crippen molar-refractivity contribution in [1.82, 2.24) is 0 Å². The molecule has 3 nitrogen and oxygen atoms in total. The summed E-state index contributed by atoms with van der Waals surface area (Å²) in [4.78, 5) is 11.2. The molecule has 0 aromatic heterocycles. The van der Waals surface area contributed by atoms with Gasteiger partial charge < -0.3 is 10.4 Å². The minimum absolute atomic E-state index is 0.0216. The summed E-state index contributed by atoms with van der Waals surface area (Å²) in [6.45, 7) is -0.0216. The van der Waals surface area contributed by atoms with Crippen LogP contribution in [-0.4, -0.2) is 29.1 Å². The van der Waals surface area contributed by atoms with Gasteiger partial charge in [0.2, 0.25) is 5.91 Å². The molecule has 0 aliphatic heterocycles. The maximum absolute atomic E-state index is 13.1. The van der Waals surface area contributed by atoms with Gasteiger partial charge in [-0.25, -0.2) is 8.78 Å². The Hall–Kier alpha value is -1.14. The first-order valence-electron chi connectivity index (χ1n) is 4.57. The van der Waals surface area contributed by atoms with E-state index in [-0.39, 0.29) is 18.0 Å². The molecule has 0 bridgehead atoms. The van der Waals surface area contributed by atoms with E-state index in [1.165, 1.54) is 11.8 Å². The second-order valence-corrected chi connectivity index (χ2v) is 4.05. The van der Waals surface area contributed by atoms with Crippen LogP contribution in [0.5, 0.6) is 0 Å². The number of carbonyl (C=O) groups excluding carboxylic acids is 1. The van der Waals surface area contributed by atoms with Gasteiger partial charge in [-0.05, 0) is 12.1 Å². The smallest absolute Gasteiger partial charge is 0.234 e. The van der Waals surface area contributed by atoms with Gasteiger partial charge in [-0.15, -0.1) is 11.8 Å². The zero-order valence-corrected chi connectivity index (χ0v) is 9.19. The fraction of sp³-hybridized carbons (Fsp3) is 0.300. The van der Waals surface area contributed by atoms with Crippen molar-refractivity contribution in [2.75, 3.05) is 23.4 Å². The number of halogens is 2. The van der Waals surface area contributed by atoms with Crippen molar-refractivity contribution in [1.29, 1.82) is 0 Å². The van der Waals surface area contributed by atoms with E-state index in [2.05, 4.69) is 5.32 Å². The lowest BCUT2D eigenvalue weighted by Crippen LogP contribution is -2.15. The number of amides is 1. The second-order valence-electron chi connectivity index (χ2n) is 2.95. The van der Waals surface area contributed by atoms with E-state index in [0.29, 0.717) is 5.75 Å². The molecule has 0 fully saturated rings. The number of carbonyl (C=O) groups is 1. The highest BCUT2D eigenvalue weighted by atomic mass is 32.2. The highest BCUT2D eigenvalue weighted by Crippen LogP contribution is 2.15. The van der Waals surface area contributed by atoms with E-state index in [1.807, 2.05) is 0 Å². The van der Waals surface area contributed by atoms with E-state index in [1.54, 1.807) is 0 Å². The van der Waals surface area contributed by atoms with E-state index in [4.69, 9.17) is 5.11 Å². The summed E-state index contributed by atoms with van der Waals surface area (Å²) in [5.74, 6) is -1.19. The molecule has 6 heteroatoms. The Morgan fingerprint density at radius 3 is 2.88 bits per heavy atom. The first-order valence-corrected chi connectivity index (χ1v) is 5.72. The summed E-state index contributed by atoms with van der Waals surface area (Å²) in [5.41, 5.74) is -0.172. The van der Waals surface area contributed by atoms with Crippen molar-refractivity contribution in [3.8, 4) is 0 Å². The average molecular weight is 247 g/mol. The van der Waals surface area contributed by atoms with Crippen LogP contribution in [0.4, 0.5) is 14.5 Å². The Balaban J connectivity index is 2.52. The zero-order valence-electron chi connectivity index (χ0n) is 8.37. The summed E-state index contributed by atoms with van der Waals surface area (Å²) in [6, 6.07) is 2.85. The average Bonchev–Trinajstić information content (AvgIpc) is 2.24. The molecule has 1 amide bonds. The van der Waals surface area contributed by atoms with Crippen LogP contribution in [-0.2, 0) is 4.79 Å². The van der Waals surface area contributed by atoms with Gasteiger partial charge in [0, 0.05) is 11.8 Å². The molecular weight excluding hydrogens is 236 g/mol. The largest absolute Gasteiger partial charge is 0.396 e. The molecule has 0 aliphatic carbocycles. The van der Waals surface area contributed by atoms with Crippen LogP contribution < -0.4 is 5.32 Å². The molecule has 0 spiro atoms. The molecular formula is C10H11F2NO2S. The third-order valence-electron chi connectivity index (χ3n) is 1.67. The summed E-state index contributed by atoms with van der Waals surface area (Å²) in [6.07, 6.45) is 0. The van der Waals surface area contributed by atoms with Crippen LogP contribution in [0.25, 0.3) is 0 Å². The number of nitrogens with one attached hydrogen (secondary N) is 1. The Bertz CT molecular complexity index is 374. The van der Waals surface area contributed by atoms with Crippen LogP contribution >= 0.6 is 11.8 Å². The summed E-state index contributed by atoms with van der Waals surface area (Å²) in [5, 5.41) is 10.7. The van der Waals surface area contributed by atoms with Crippen molar-refractivity contribution >= 4 is 23.4 Å². The van der Waals surface area contributed by atoms with Crippen LogP contribution in [0.2, 0.25) is 0 Å². The number of anilines is 1. The van der Waals surface area contributed by atoms with E-state index >= 15 is 0 Å². The Morgan fingerprint density at radius 2 is 2.19 bits per heavy atom. The molecule has 1 rings (SSSR count). The number of hydrogen-bond donors (Lipinski definition) is 2. The molecule has 1 aromatic rings. The SMILES string of the molecule is O=C(CSCCO)Nc1cc(F)ccc1F. The highest BCUT2D eigenvalue weighted by molar-refractivity contribution is 7.99. The first-order chi connectivity index (χ1) is 7.63. The second kappa shape index (κ2) is 6.44. The van der Waals surface area contributed by atoms with Gasteiger partial charge in [-0.2, -0.15) is 0 Å². The molecule has 0 radical (unpaired) electrons. The van der Waals surface area contributed by atoms with Gasteiger partial charge >= 0.3 is 0 Å². The van der Waals surface area contributed by atoms with Gasteiger partial charge in [0.25, 0.3) is 0 Å². The molecule has 0 atom stereocenters. The Labute approximate surface area is 95.9 Å². The number of rotatable bonds is 5. The third-order valence-corrected chi connectivity index (χ3v) is 2.61. The molecule has 16 heavy (non-hydrogen) atoms. The lowest BCUT2D eigenvalue weighted by Gasteiger charge is -2.05. The number of hydrogen-bond acceptors (Lipinski definition) is 3.